The van der Waals surface area contributed by atoms with Gasteiger partial charge in [0.1, 0.15) is 5.75 Å². The Labute approximate surface area is 137 Å². The van der Waals surface area contributed by atoms with E-state index < -0.39 is 17.9 Å². The van der Waals surface area contributed by atoms with Crippen LogP contribution in [0.2, 0.25) is 5.02 Å². The predicted molar refractivity (Wildman–Crippen MR) is 85.5 cm³/mol. The molecule has 0 radical (unpaired) electrons. The Hall–Kier alpha value is -2.60. The molecule has 1 aromatic carbocycles. The van der Waals surface area contributed by atoms with E-state index in [1.807, 2.05) is 0 Å². The highest BCUT2D eigenvalue weighted by molar-refractivity contribution is 6.30. The number of carboxylic acid groups (broad SMARTS) is 1. The molecule has 0 aliphatic heterocycles. The molecule has 0 aliphatic rings. The molecule has 23 heavy (non-hydrogen) atoms. The summed E-state index contributed by atoms with van der Waals surface area (Å²) in [5.74, 6) is -1.94. The van der Waals surface area contributed by atoms with Crippen molar-refractivity contribution in [1.29, 1.82) is 0 Å². The van der Waals surface area contributed by atoms with Crippen LogP contribution in [0.4, 0.5) is 0 Å². The van der Waals surface area contributed by atoms with Gasteiger partial charge in [-0.1, -0.05) is 23.7 Å². The Bertz CT molecular complexity index is 749. The molecule has 1 atom stereocenters. The van der Waals surface area contributed by atoms with Gasteiger partial charge < -0.3 is 15.5 Å². The maximum Gasteiger partial charge on any atom is 0.305 e. The summed E-state index contributed by atoms with van der Waals surface area (Å²) in [4.78, 5) is 26.6. The molecular formula is C16H15ClN2O4. The van der Waals surface area contributed by atoms with E-state index >= 15 is 0 Å². The number of hydrogen-bond acceptors (Lipinski definition) is 4. The summed E-state index contributed by atoms with van der Waals surface area (Å²) in [5, 5.41) is 21.7. The average molecular weight is 335 g/mol. The first kappa shape index (κ1) is 16.8. The van der Waals surface area contributed by atoms with Gasteiger partial charge in [0.2, 0.25) is 0 Å². The Morgan fingerprint density at radius 3 is 2.65 bits per heavy atom. The Kier molecular flexibility index (Phi) is 5.18. The zero-order valence-corrected chi connectivity index (χ0v) is 13.0. The number of carbonyl (C=O) groups excluding carboxylic acids is 1. The van der Waals surface area contributed by atoms with E-state index in [0.29, 0.717) is 10.6 Å². The summed E-state index contributed by atoms with van der Waals surface area (Å²) in [6, 6.07) is 7.85. The summed E-state index contributed by atoms with van der Waals surface area (Å²) >= 11 is 5.92. The fraction of sp³-hybridized carbons (Fsp3) is 0.188. The maximum absolute atomic E-state index is 12.0. The molecule has 0 aliphatic carbocycles. The Morgan fingerprint density at radius 1 is 1.30 bits per heavy atom. The van der Waals surface area contributed by atoms with Crippen LogP contribution in [0.5, 0.6) is 5.75 Å². The summed E-state index contributed by atoms with van der Waals surface area (Å²) in [6.45, 7) is 1.56. The van der Waals surface area contributed by atoms with Crippen LogP contribution in [0.3, 0.4) is 0 Å². The van der Waals surface area contributed by atoms with Gasteiger partial charge in [-0.05, 0) is 30.7 Å². The average Bonchev–Trinajstić information content (AvgIpc) is 2.45. The Morgan fingerprint density at radius 2 is 2.04 bits per heavy atom. The molecule has 0 bridgehead atoms. The first-order chi connectivity index (χ1) is 10.9. The summed E-state index contributed by atoms with van der Waals surface area (Å²) in [7, 11) is 0. The van der Waals surface area contributed by atoms with E-state index in [-0.39, 0.29) is 17.9 Å². The molecule has 6 nitrogen and oxygen atoms in total. The molecule has 2 aromatic rings. The third-order valence-corrected chi connectivity index (χ3v) is 3.33. The lowest BCUT2D eigenvalue weighted by molar-refractivity contribution is -0.137. The summed E-state index contributed by atoms with van der Waals surface area (Å²) < 4.78 is 0. The molecular weight excluding hydrogens is 320 g/mol. The van der Waals surface area contributed by atoms with Crippen molar-refractivity contribution in [2.75, 3.05) is 0 Å². The van der Waals surface area contributed by atoms with Crippen molar-refractivity contribution in [1.82, 2.24) is 10.3 Å². The highest BCUT2D eigenvalue weighted by Crippen LogP contribution is 2.26. The largest absolute Gasteiger partial charge is 0.505 e. The number of rotatable bonds is 5. The van der Waals surface area contributed by atoms with Crippen LogP contribution in [0, 0.1) is 0 Å². The smallest absolute Gasteiger partial charge is 0.305 e. The molecule has 1 heterocycles. The number of nitrogens with zero attached hydrogens (tertiary/aromatic N) is 1. The third kappa shape index (κ3) is 4.43. The number of nitrogens with one attached hydrogen (secondary N) is 1. The van der Waals surface area contributed by atoms with Crippen LogP contribution in [-0.4, -0.2) is 33.1 Å². The monoisotopic (exact) mass is 334 g/mol. The van der Waals surface area contributed by atoms with Crippen LogP contribution in [-0.2, 0) is 4.79 Å². The van der Waals surface area contributed by atoms with Gasteiger partial charge in [0.05, 0.1) is 6.42 Å². The van der Waals surface area contributed by atoms with Crippen molar-refractivity contribution in [3.05, 3.63) is 47.2 Å². The molecule has 0 spiro atoms. The van der Waals surface area contributed by atoms with Gasteiger partial charge in [0.25, 0.3) is 5.91 Å². The molecule has 2 rings (SSSR count). The lowest BCUT2D eigenvalue weighted by Crippen LogP contribution is -2.34. The topological polar surface area (TPSA) is 99.5 Å². The second kappa shape index (κ2) is 7.11. The van der Waals surface area contributed by atoms with E-state index in [1.165, 1.54) is 12.3 Å². The van der Waals surface area contributed by atoms with Crippen molar-refractivity contribution in [3.63, 3.8) is 0 Å². The van der Waals surface area contributed by atoms with Crippen LogP contribution in [0.25, 0.3) is 11.1 Å². The van der Waals surface area contributed by atoms with E-state index in [9.17, 15) is 14.7 Å². The highest BCUT2D eigenvalue weighted by atomic mass is 35.5. The van der Waals surface area contributed by atoms with Crippen molar-refractivity contribution in [3.8, 4) is 16.9 Å². The van der Waals surface area contributed by atoms with E-state index in [2.05, 4.69) is 10.3 Å². The van der Waals surface area contributed by atoms with E-state index in [4.69, 9.17) is 16.7 Å². The van der Waals surface area contributed by atoms with Gasteiger partial charge in [0, 0.05) is 22.8 Å². The fourth-order valence-corrected chi connectivity index (χ4v) is 2.25. The van der Waals surface area contributed by atoms with Crippen molar-refractivity contribution < 1.29 is 19.8 Å². The van der Waals surface area contributed by atoms with Crippen LogP contribution in [0.1, 0.15) is 23.8 Å². The van der Waals surface area contributed by atoms with Crippen LogP contribution >= 0.6 is 11.6 Å². The fourth-order valence-electron chi connectivity index (χ4n) is 2.06. The molecule has 0 saturated carbocycles. The molecule has 0 fully saturated rings. The second-order valence-electron chi connectivity index (χ2n) is 5.07. The minimum Gasteiger partial charge on any atom is -0.505 e. The molecule has 1 amide bonds. The number of aromatic hydroxyl groups is 1. The van der Waals surface area contributed by atoms with Crippen LogP contribution in [0.15, 0.2) is 36.5 Å². The zero-order chi connectivity index (χ0) is 17.0. The number of aliphatic carboxylic acids is 1. The molecule has 7 heteroatoms. The molecule has 3 N–H and O–H groups in total. The standard InChI is InChI=1S/C16H15ClN2O4/c1-9(5-14(21)22)19-16(23)15-13(20)7-11(8-18-15)10-3-2-4-12(17)6-10/h2-4,6-9,20H,5H2,1H3,(H,19,23)(H,21,22)/t9-/m1/s1. The van der Waals surface area contributed by atoms with Crippen molar-refractivity contribution in [2.45, 2.75) is 19.4 Å². The van der Waals surface area contributed by atoms with Gasteiger partial charge in [-0.25, -0.2) is 4.98 Å². The van der Waals surface area contributed by atoms with Crippen LogP contribution < -0.4 is 5.32 Å². The first-order valence-corrected chi connectivity index (χ1v) is 7.22. The quantitative estimate of drug-likeness (QED) is 0.780. The minimum absolute atomic E-state index is 0.159. The SMILES string of the molecule is C[C@H](CC(=O)O)NC(=O)c1ncc(-c2cccc(Cl)c2)cc1O. The maximum atomic E-state index is 12.0. The van der Waals surface area contributed by atoms with Gasteiger partial charge in [-0.15, -0.1) is 0 Å². The number of aromatic nitrogens is 1. The zero-order valence-electron chi connectivity index (χ0n) is 12.3. The number of amides is 1. The Balaban J connectivity index is 2.19. The first-order valence-electron chi connectivity index (χ1n) is 6.84. The number of carboxylic acids is 1. The van der Waals surface area contributed by atoms with Crippen molar-refractivity contribution in [2.24, 2.45) is 0 Å². The lowest BCUT2D eigenvalue weighted by atomic mass is 10.1. The molecule has 1 aromatic heterocycles. The molecule has 0 unspecified atom stereocenters. The molecule has 0 saturated heterocycles. The van der Waals surface area contributed by atoms with E-state index in [1.54, 1.807) is 31.2 Å². The predicted octanol–water partition coefficient (Wildman–Crippen LogP) is 2.70. The summed E-state index contributed by atoms with van der Waals surface area (Å²) in [6.07, 6.45) is 1.23. The highest BCUT2D eigenvalue weighted by Gasteiger charge is 2.17. The van der Waals surface area contributed by atoms with Gasteiger partial charge in [-0.2, -0.15) is 0 Å². The molecule has 120 valence electrons. The minimum atomic E-state index is -1.02. The van der Waals surface area contributed by atoms with Gasteiger partial charge in [0.15, 0.2) is 5.69 Å². The number of halogens is 1. The van der Waals surface area contributed by atoms with Gasteiger partial charge >= 0.3 is 5.97 Å². The number of carbonyl (C=O) groups is 2. The third-order valence-electron chi connectivity index (χ3n) is 3.10. The number of benzene rings is 1. The van der Waals surface area contributed by atoms with Gasteiger partial charge in [-0.3, -0.25) is 9.59 Å². The summed E-state index contributed by atoms with van der Waals surface area (Å²) in [5.41, 5.74) is 1.21. The lowest BCUT2D eigenvalue weighted by Gasteiger charge is -2.12. The number of pyridine rings is 1. The van der Waals surface area contributed by atoms with E-state index in [0.717, 1.165) is 5.56 Å². The number of hydrogen-bond donors (Lipinski definition) is 3. The second-order valence-corrected chi connectivity index (χ2v) is 5.51. The van der Waals surface area contributed by atoms with Crippen molar-refractivity contribution >= 4 is 23.5 Å². The normalized spacial score (nSPS) is 11.7.